The molecule has 0 fully saturated rings. The Balaban J connectivity index is 2.95. The van der Waals surface area contributed by atoms with Crippen LogP contribution in [0.4, 0.5) is 0 Å². The number of nitrogens with one attached hydrogen (secondary N) is 2. The van der Waals surface area contributed by atoms with Crippen molar-refractivity contribution in [1.82, 2.24) is 10.6 Å². The fraction of sp³-hybridized carbons (Fsp3) is 1.00. The zero-order valence-electron chi connectivity index (χ0n) is 19.3. The van der Waals surface area contributed by atoms with E-state index in [0.29, 0.717) is 0 Å². The molecule has 2 N–H and O–H groups in total. The molecule has 0 atom stereocenters. The lowest BCUT2D eigenvalue weighted by Gasteiger charge is -2.06. The zero-order chi connectivity index (χ0) is 19.7. The molecule has 0 heterocycles. The summed E-state index contributed by atoms with van der Waals surface area (Å²) in [5, 5.41) is 7.09. The summed E-state index contributed by atoms with van der Waals surface area (Å²) in [6.07, 6.45) is 27.1. The fourth-order valence-electron chi connectivity index (χ4n) is 3.69. The highest BCUT2D eigenvalue weighted by atomic mass is 14.9. The van der Waals surface area contributed by atoms with Crippen molar-refractivity contribution in [3.8, 4) is 0 Å². The molecule has 0 aromatic carbocycles. The highest BCUT2D eigenvalue weighted by Crippen LogP contribution is 2.13. The van der Waals surface area contributed by atoms with Crippen molar-refractivity contribution in [3.05, 3.63) is 0 Å². The van der Waals surface area contributed by atoms with Crippen molar-refractivity contribution < 1.29 is 0 Å². The predicted molar refractivity (Wildman–Crippen MR) is 125 cm³/mol. The number of rotatable bonds is 24. The second kappa shape index (κ2) is 25.9. The van der Waals surface area contributed by atoms with Gasteiger partial charge in [0.15, 0.2) is 0 Å². The molecule has 0 aromatic heterocycles. The van der Waals surface area contributed by atoms with Crippen molar-refractivity contribution >= 4 is 0 Å². The summed E-state index contributed by atoms with van der Waals surface area (Å²) >= 11 is 0. The van der Waals surface area contributed by atoms with Gasteiger partial charge in [-0.1, -0.05) is 117 Å². The van der Waals surface area contributed by atoms with Crippen molar-refractivity contribution in [2.75, 3.05) is 26.2 Å². The number of unbranched alkanes of at least 4 members (excludes halogenated alkanes) is 16. The van der Waals surface area contributed by atoms with Gasteiger partial charge in [0.05, 0.1) is 0 Å². The zero-order valence-corrected chi connectivity index (χ0v) is 19.3. The quantitative estimate of drug-likeness (QED) is 0.168. The summed E-state index contributed by atoms with van der Waals surface area (Å²) in [5.74, 6) is 0. The molecule has 0 rings (SSSR count). The molecule has 0 saturated carbocycles. The molecule has 0 bridgehead atoms. The molecule has 27 heavy (non-hydrogen) atoms. The van der Waals surface area contributed by atoms with E-state index in [4.69, 9.17) is 0 Å². The third-order valence-electron chi connectivity index (χ3n) is 5.62. The van der Waals surface area contributed by atoms with E-state index >= 15 is 0 Å². The molecule has 0 aliphatic heterocycles. The van der Waals surface area contributed by atoms with Gasteiger partial charge in [0, 0.05) is 0 Å². The van der Waals surface area contributed by atoms with Gasteiger partial charge in [-0.25, -0.2) is 0 Å². The third kappa shape index (κ3) is 25.9. The molecule has 2 heteroatoms. The van der Waals surface area contributed by atoms with Gasteiger partial charge in [-0.2, -0.15) is 0 Å². The second-order valence-electron chi connectivity index (χ2n) is 8.51. The smallest absolute Gasteiger partial charge is 0.00368 e. The van der Waals surface area contributed by atoms with Gasteiger partial charge < -0.3 is 10.6 Å². The Bertz CT molecular complexity index is 218. The van der Waals surface area contributed by atoms with E-state index in [0.717, 1.165) is 0 Å². The van der Waals surface area contributed by atoms with Crippen LogP contribution in [0.2, 0.25) is 0 Å². The molecule has 0 aromatic rings. The highest BCUT2D eigenvalue weighted by Gasteiger charge is 1.95. The normalized spacial score (nSPS) is 11.3. The van der Waals surface area contributed by atoms with Gasteiger partial charge in [-0.05, 0) is 45.4 Å². The minimum Gasteiger partial charge on any atom is -0.317 e. The summed E-state index contributed by atoms with van der Waals surface area (Å²) in [4.78, 5) is 0. The van der Waals surface area contributed by atoms with Gasteiger partial charge in [0.2, 0.25) is 0 Å². The first kappa shape index (κ1) is 26.9. The Morgan fingerprint density at radius 3 is 1.00 bits per heavy atom. The van der Waals surface area contributed by atoms with E-state index in [-0.39, 0.29) is 0 Å². The van der Waals surface area contributed by atoms with E-state index in [1.54, 1.807) is 0 Å². The van der Waals surface area contributed by atoms with Gasteiger partial charge in [-0.15, -0.1) is 0 Å². The molecular formula is C25H54N2. The average Bonchev–Trinajstić information content (AvgIpc) is 2.68. The largest absolute Gasteiger partial charge is 0.317 e. The van der Waals surface area contributed by atoms with Crippen LogP contribution in [-0.4, -0.2) is 26.2 Å². The lowest BCUT2D eigenvalue weighted by atomic mass is 10.0. The van der Waals surface area contributed by atoms with Gasteiger partial charge in [0.1, 0.15) is 0 Å². The van der Waals surface area contributed by atoms with Gasteiger partial charge in [0.25, 0.3) is 0 Å². The molecule has 0 unspecified atom stereocenters. The topological polar surface area (TPSA) is 24.1 Å². The predicted octanol–water partition coefficient (Wildman–Crippen LogP) is 7.62. The van der Waals surface area contributed by atoms with Crippen LogP contribution in [0.15, 0.2) is 0 Å². The molecule has 0 radical (unpaired) electrons. The first-order valence-corrected chi connectivity index (χ1v) is 12.8. The summed E-state index contributed by atoms with van der Waals surface area (Å²) in [6, 6.07) is 0. The van der Waals surface area contributed by atoms with E-state index in [1.165, 1.54) is 148 Å². The minimum atomic E-state index is 1.17. The van der Waals surface area contributed by atoms with Crippen LogP contribution in [-0.2, 0) is 0 Å². The van der Waals surface area contributed by atoms with Gasteiger partial charge >= 0.3 is 0 Å². The summed E-state index contributed by atoms with van der Waals surface area (Å²) < 4.78 is 0. The fourth-order valence-corrected chi connectivity index (χ4v) is 3.69. The van der Waals surface area contributed by atoms with E-state index < -0.39 is 0 Å². The van der Waals surface area contributed by atoms with E-state index in [2.05, 4.69) is 24.5 Å². The maximum Gasteiger partial charge on any atom is -0.00368 e. The van der Waals surface area contributed by atoms with Crippen LogP contribution in [0.3, 0.4) is 0 Å². The maximum atomic E-state index is 3.59. The van der Waals surface area contributed by atoms with Crippen LogP contribution in [0.25, 0.3) is 0 Å². The Kier molecular flexibility index (Phi) is 25.8. The molecular weight excluding hydrogens is 328 g/mol. The van der Waals surface area contributed by atoms with E-state index in [9.17, 15) is 0 Å². The molecule has 0 saturated heterocycles. The molecule has 164 valence electrons. The van der Waals surface area contributed by atoms with E-state index in [1.807, 2.05) is 0 Å². The second-order valence-corrected chi connectivity index (χ2v) is 8.51. The number of hydrogen-bond donors (Lipinski definition) is 2. The Hall–Kier alpha value is -0.0800. The van der Waals surface area contributed by atoms with Gasteiger partial charge in [-0.3, -0.25) is 0 Å². The van der Waals surface area contributed by atoms with Crippen molar-refractivity contribution in [1.29, 1.82) is 0 Å². The SMILES string of the molecule is CCCCCCCCCCCCCCCCCCNCCCNCCCC. The average molecular weight is 383 g/mol. The van der Waals surface area contributed by atoms with Crippen LogP contribution < -0.4 is 10.6 Å². The Morgan fingerprint density at radius 2 is 0.593 bits per heavy atom. The van der Waals surface area contributed by atoms with Crippen LogP contribution >= 0.6 is 0 Å². The lowest BCUT2D eigenvalue weighted by Crippen LogP contribution is -2.23. The van der Waals surface area contributed by atoms with Crippen LogP contribution in [0, 0.1) is 0 Å². The molecule has 0 amide bonds. The summed E-state index contributed by atoms with van der Waals surface area (Å²) in [7, 11) is 0. The molecule has 2 nitrogen and oxygen atoms in total. The first-order chi connectivity index (χ1) is 13.4. The van der Waals surface area contributed by atoms with Crippen molar-refractivity contribution in [2.24, 2.45) is 0 Å². The standard InChI is InChI=1S/C25H54N2/c1-3-5-7-8-9-10-11-12-13-14-15-16-17-18-19-20-23-27-25-21-24-26-22-6-4-2/h26-27H,3-25H2,1-2H3. The Morgan fingerprint density at radius 1 is 0.296 bits per heavy atom. The maximum absolute atomic E-state index is 3.59. The molecule has 0 aliphatic carbocycles. The Labute approximate surface area is 173 Å². The highest BCUT2D eigenvalue weighted by molar-refractivity contribution is 4.54. The summed E-state index contributed by atoms with van der Waals surface area (Å²) in [6.45, 7) is 9.31. The monoisotopic (exact) mass is 382 g/mol. The first-order valence-electron chi connectivity index (χ1n) is 12.8. The van der Waals surface area contributed by atoms with Crippen molar-refractivity contribution in [2.45, 2.75) is 136 Å². The van der Waals surface area contributed by atoms with Crippen LogP contribution in [0.1, 0.15) is 136 Å². The lowest BCUT2D eigenvalue weighted by molar-refractivity contribution is 0.522. The minimum absolute atomic E-state index is 1.17. The van der Waals surface area contributed by atoms with Crippen molar-refractivity contribution in [3.63, 3.8) is 0 Å². The number of hydrogen-bond acceptors (Lipinski definition) is 2. The molecule has 0 aliphatic rings. The third-order valence-corrected chi connectivity index (χ3v) is 5.62. The van der Waals surface area contributed by atoms with Crippen LogP contribution in [0.5, 0.6) is 0 Å². The summed E-state index contributed by atoms with van der Waals surface area (Å²) in [5.41, 5.74) is 0. The molecule has 0 spiro atoms.